The van der Waals surface area contributed by atoms with Gasteiger partial charge >= 0.3 is 0 Å². The molecular formula is C12H22N4O2. The number of rotatable bonds is 6. The van der Waals surface area contributed by atoms with Gasteiger partial charge in [-0.05, 0) is 20.3 Å². The quantitative estimate of drug-likeness (QED) is 0.808. The van der Waals surface area contributed by atoms with Gasteiger partial charge in [-0.2, -0.15) is 0 Å². The summed E-state index contributed by atoms with van der Waals surface area (Å²) in [4.78, 5) is 0. The number of aryl methyl sites for hydroxylation is 1. The minimum Gasteiger partial charge on any atom is -0.377 e. The third-order valence-electron chi connectivity index (χ3n) is 3.50. The summed E-state index contributed by atoms with van der Waals surface area (Å²) in [6.07, 6.45) is 3.03. The van der Waals surface area contributed by atoms with Crippen LogP contribution in [0, 0.1) is 0 Å². The third kappa shape index (κ3) is 2.55. The molecule has 0 amide bonds. The highest BCUT2D eigenvalue weighted by atomic mass is 16.5. The van der Waals surface area contributed by atoms with E-state index in [1.807, 2.05) is 18.5 Å². The van der Waals surface area contributed by atoms with E-state index in [0.717, 1.165) is 18.9 Å². The highest BCUT2D eigenvalue weighted by molar-refractivity contribution is 5.01. The Kier molecular flexibility index (Phi) is 4.31. The monoisotopic (exact) mass is 254 g/mol. The van der Waals surface area contributed by atoms with Crippen LogP contribution < -0.4 is 5.32 Å². The lowest BCUT2D eigenvalue weighted by atomic mass is 9.84. The van der Waals surface area contributed by atoms with E-state index in [1.54, 1.807) is 13.4 Å². The fourth-order valence-electron chi connectivity index (χ4n) is 2.52. The van der Waals surface area contributed by atoms with Crippen molar-refractivity contribution in [3.63, 3.8) is 0 Å². The summed E-state index contributed by atoms with van der Waals surface area (Å²) in [6, 6.07) is 0.473. The Morgan fingerprint density at radius 2 is 2.39 bits per heavy atom. The molecule has 0 spiro atoms. The van der Waals surface area contributed by atoms with Gasteiger partial charge in [0.1, 0.15) is 12.2 Å². The molecular weight excluding hydrogens is 232 g/mol. The Morgan fingerprint density at radius 1 is 1.61 bits per heavy atom. The van der Waals surface area contributed by atoms with Gasteiger partial charge in [-0.25, -0.2) is 0 Å². The molecule has 6 heteroatoms. The summed E-state index contributed by atoms with van der Waals surface area (Å²) >= 11 is 0. The molecule has 0 aliphatic heterocycles. The van der Waals surface area contributed by atoms with Crippen molar-refractivity contribution in [2.24, 2.45) is 7.05 Å². The molecule has 102 valence electrons. The fourth-order valence-corrected chi connectivity index (χ4v) is 2.52. The topological polar surface area (TPSA) is 61.2 Å². The molecule has 18 heavy (non-hydrogen) atoms. The van der Waals surface area contributed by atoms with Crippen LogP contribution in [0.2, 0.25) is 0 Å². The molecule has 0 aromatic carbocycles. The third-order valence-corrected chi connectivity index (χ3v) is 3.50. The zero-order valence-corrected chi connectivity index (χ0v) is 11.5. The fraction of sp³-hybridized carbons (Fsp3) is 0.833. The van der Waals surface area contributed by atoms with Crippen molar-refractivity contribution in [1.82, 2.24) is 20.1 Å². The second-order valence-electron chi connectivity index (χ2n) is 4.72. The highest BCUT2D eigenvalue weighted by Gasteiger charge is 2.42. The van der Waals surface area contributed by atoms with Gasteiger partial charge < -0.3 is 19.4 Å². The number of nitrogens with one attached hydrogen (secondary N) is 1. The lowest BCUT2D eigenvalue weighted by Gasteiger charge is -2.44. The molecule has 1 aromatic heterocycles. The Hall–Kier alpha value is -0.980. The molecule has 1 heterocycles. The van der Waals surface area contributed by atoms with Gasteiger partial charge in [-0.15, -0.1) is 10.2 Å². The maximum absolute atomic E-state index is 5.61. The molecule has 4 unspecified atom stereocenters. The number of ether oxygens (including phenoxy) is 2. The van der Waals surface area contributed by atoms with Crippen molar-refractivity contribution in [2.45, 2.75) is 44.6 Å². The Labute approximate surface area is 108 Å². The van der Waals surface area contributed by atoms with Crippen LogP contribution in [0.1, 0.15) is 32.1 Å². The van der Waals surface area contributed by atoms with Gasteiger partial charge in [0.05, 0.1) is 18.2 Å². The maximum Gasteiger partial charge on any atom is 0.149 e. The summed E-state index contributed by atoms with van der Waals surface area (Å²) in [6.45, 7) is 4.83. The van der Waals surface area contributed by atoms with E-state index in [2.05, 4.69) is 22.4 Å². The average Bonchev–Trinajstić information content (AvgIpc) is 2.74. The summed E-state index contributed by atoms with van der Waals surface area (Å²) in [5, 5.41) is 11.5. The van der Waals surface area contributed by atoms with Crippen molar-refractivity contribution in [1.29, 1.82) is 0 Å². The smallest absolute Gasteiger partial charge is 0.149 e. The van der Waals surface area contributed by atoms with Crippen LogP contribution >= 0.6 is 0 Å². The summed E-state index contributed by atoms with van der Waals surface area (Å²) in [5.41, 5.74) is 0. The molecule has 6 nitrogen and oxygen atoms in total. The number of methoxy groups -OCH3 is 1. The molecule has 0 bridgehead atoms. The van der Waals surface area contributed by atoms with Crippen LogP contribution in [0.4, 0.5) is 0 Å². The van der Waals surface area contributed by atoms with Crippen LogP contribution in [-0.4, -0.2) is 46.7 Å². The molecule has 1 fully saturated rings. The van der Waals surface area contributed by atoms with Crippen LogP contribution in [0.25, 0.3) is 0 Å². The summed E-state index contributed by atoms with van der Waals surface area (Å²) < 4.78 is 13.0. The molecule has 0 saturated heterocycles. The van der Waals surface area contributed by atoms with Crippen LogP contribution in [0.15, 0.2) is 6.33 Å². The van der Waals surface area contributed by atoms with E-state index in [9.17, 15) is 0 Å². The number of nitrogens with zero attached hydrogens (tertiary/aromatic N) is 3. The Morgan fingerprint density at radius 3 is 2.94 bits per heavy atom. The predicted molar refractivity (Wildman–Crippen MR) is 67.2 cm³/mol. The normalized spacial score (nSPS) is 29.0. The lowest BCUT2D eigenvalue weighted by molar-refractivity contribution is -0.133. The molecule has 4 atom stereocenters. The Bertz CT molecular complexity index is 382. The van der Waals surface area contributed by atoms with E-state index in [-0.39, 0.29) is 18.2 Å². The highest BCUT2D eigenvalue weighted by Crippen LogP contribution is 2.28. The summed E-state index contributed by atoms with van der Waals surface area (Å²) in [5.74, 6) is 0.935. The standard InChI is InChI=1S/C12H22N4O2/c1-5-18-10-6-9(11(10)17-4)14-8(2)12-15-13-7-16(12)3/h7-11,14H,5-6H2,1-4H3. The molecule has 1 aromatic rings. The largest absolute Gasteiger partial charge is 0.377 e. The molecule has 1 aliphatic rings. The van der Waals surface area contributed by atoms with Crippen molar-refractivity contribution in [3.05, 3.63) is 12.2 Å². The Balaban J connectivity index is 1.89. The second-order valence-corrected chi connectivity index (χ2v) is 4.72. The molecule has 1 saturated carbocycles. The van der Waals surface area contributed by atoms with Crippen LogP contribution in [0.3, 0.4) is 0 Å². The van der Waals surface area contributed by atoms with Gasteiger partial charge in [0.15, 0.2) is 0 Å². The van der Waals surface area contributed by atoms with Crippen LogP contribution in [0.5, 0.6) is 0 Å². The van der Waals surface area contributed by atoms with E-state index in [1.165, 1.54) is 0 Å². The first-order valence-corrected chi connectivity index (χ1v) is 6.41. The number of hydrogen-bond donors (Lipinski definition) is 1. The zero-order valence-electron chi connectivity index (χ0n) is 11.5. The minimum absolute atomic E-state index is 0.126. The van der Waals surface area contributed by atoms with E-state index in [0.29, 0.717) is 6.04 Å². The molecule has 1 N–H and O–H groups in total. The number of hydrogen-bond acceptors (Lipinski definition) is 5. The van der Waals surface area contributed by atoms with Crippen molar-refractivity contribution in [3.8, 4) is 0 Å². The number of aromatic nitrogens is 3. The zero-order chi connectivity index (χ0) is 13.1. The SMILES string of the molecule is CCOC1CC(NC(C)c2nncn2C)C1OC. The first-order valence-electron chi connectivity index (χ1n) is 6.41. The minimum atomic E-state index is 0.126. The molecule has 1 aliphatic carbocycles. The van der Waals surface area contributed by atoms with Crippen molar-refractivity contribution < 1.29 is 9.47 Å². The lowest BCUT2D eigenvalue weighted by Crippen LogP contribution is -2.60. The van der Waals surface area contributed by atoms with Gasteiger partial charge in [-0.1, -0.05) is 0 Å². The summed E-state index contributed by atoms with van der Waals surface area (Å²) in [7, 11) is 3.68. The van der Waals surface area contributed by atoms with E-state index in [4.69, 9.17) is 9.47 Å². The first kappa shape index (κ1) is 13.5. The predicted octanol–water partition coefficient (Wildman–Crippen LogP) is 0.658. The average molecular weight is 254 g/mol. The van der Waals surface area contributed by atoms with Gasteiger partial charge in [0.25, 0.3) is 0 Å². The second kappa shape index (κ2) is 5.77. The maximum atomic E-state index is 5.61. The van der Waals surface area contributed by atoms with Gasteiger partial charge in [0, 0.05) is 26.8 Å². The molecule has 0 radical (unpaired) electrons. The van der Waals surface area contributed by atoms with E-state index < -0.39 is 0 Å². The van der Waals surface area contributed by atoms with Gasteiger partial charge in [0.2, 0.25) is 0 Å². The van der Waals surface area contributed by atoms with Crippen LogP contribution in [-0.2, 0) is 16.5 Å². The van der Waals surface area contributed by atoms with Gasteiger partial charge in [-0.3, -0.25) is 0 Å². The van der Waals surface area contributed by atoms with E-state index >= 15 is 0 Å². The first-order chi connectivity index (χ1) is 8.67. The van der Waals surface area contributed by atoms with Crippen molar-refractivity contribution >= 4 is 0 Å². The van der Waals surface area contributed by atoms with Crippen molar-refractivity contribution in [2.75, 3.05) is 13.7 Å². The molecule has 2 rings (SSSR count).